The number of Topliss-reactive ketones (excluding diaryl/α,β-unsaturated/α-hetero) is 1. The third-order valence-electron chi connectivity index (χ3n) is 6.75. The number of carbonyl (C=O) groups is 2. The highest BCUT2D eigenvalue weighted by molar-refractivity contribution is 6.16. The first kappa shape index (κ1) is 15.7. The molecule has 2 aromatic rings. The summed E-state index contributed by atoms with van der Waals surface area (Å²) in [4.78, 5) is 26.7. The van der Waals surface area contributed by atoms with Gasteiger partial charge in [0.1, 0.15) is 11.5 Å². The van der Waals surface area contributed by atoms with Crippen molar-refractivity contribution in [2.45, 2.75) is 43.6 Å². The zero-order chi connectivity index (χ0) is 18.3. The molecule has 0 radical (unpaired) electrons. The van der Waals surface area contributed by atoms with Crippen LogP contribution >= 0.6 is 0 Å². The standard InChI is InChI=1S/C23H20O3/c1-13-12-18(24)20(25)22(2)17-9-5-7-15-11-10-14-6-3-4-8-16(14)23(13,19(15)17)21(22)26/h3-9,12,20,25H,10-11H2,1-2H3/t20-,22?,23?/m1/s1. The Hall–Kier alpha value is -2.52. The van der Waals surface area contributed by atoms with Crippen LogP contribution in [-0.2, 0) is 33.3 Å². The first-order valence-corrected chi connectivity index (χ1v) is 9.10. The molecule has 2 bridgehead atoms. The number of ketones is 2. The van der Waals surface area contributed by atoms with Gasteiger partial charge < -0.3 is 5.11 Å². The predicted molar refractivity (Wildman–Crippen MR) is 98.2 cm³/mol. The lowest BCUT2D eigenvalue weighted by Crippen LogP contribution is -2.48. The first-order valence-electron chi connectivity index (χ1n) is 9.10. The van der Waals surface area contributed by atoms with E-state index in [1.54, 1.807) is 6.92 Å². The normalized spacial score (nSPS) is 31.7. The van der Waals surface area contributed by atoms with E-state index in [1.165, 1.54) is 6.08 Å². The van der Waals surface area contributed by atoms with Gasteiger partial charge >= 0.3 is 0 Å². The van der Waals surface area contributed by atoms with Crippen molar-refractivity contribution in [2.24, 2.45) is 0 Å². The second kappa shape index (κ2) is 4.80. The van der Waals surface area contributed by atoms with Gasteiger partial charge in [0.25, 0.3) is 0 Å². The number of fused-ring (bicyclic) bond motifs is 3. The molecule has 0 aliphatic heterocycles. The molecule has 2 aromatic carbocycles. The molecule has 3 atom stereocenters. The van der Waals surface area contributed by atoms with Crippen LogP contribution in [0, 0.1) is 0 Å². The summed E-state index contributed by atoms with van der Waals surface area (Å²) >= 11 is 0. The minimum atomic E-state index is -1.35. The molecule has 26 heavy (non-hydrogen) atoms. The number of hydrogen-bond donors (Lipinski definition) is 1. The summed E-state index contributed by atoms with van der Waals surface area (Å²) in [6.07, 6.45) is 1.86. The van der Waals surface area contributed by atoms with E-state index in [4.69, 9.17) is 0 Å². The van der Waals surface area contributed by atoms with E-state index in [9.17, 15) is 14.7 Å². The number of benzene rings is 2. The lowest BCUT2D eigenvalue weighted by Gasteiger charge is -2.33. The Morgan fingerprint density at radius 2 is 1.62 bits per heavy atom. The number of aliphatic hydroxyl groups excluding tert-OH is 1. The van der Waals surface area contributed by atoms with Crippen LogP contribution < -0.4 is 0 Å². The van der Waals surface area contributed by atoms with E-state index in [1.807, 2.05) is 37.3 Å². The average Bonchev–Trinajstić information content (AvgIpc) is 2.75. The van der Waals surface area contributed by atoms with Crippen molar-refractivity contribution in [3.05, 3.63) is 81.9 Å². The van der Waals surface area contributed by atoms with Gasteiger partial charge in [0.15, 0.2) is 11.6 Å². The fraction of sp³-hybridized carbons (Fsp3) is 0.304. The van der Waals surface area contributed by atoms with Crippen molar-refractivity contribution in [3.63, 3.8) is 0 Å². The number of rotatable bonds is 0. The number of carbonyl (C=O) groups excluding carboxylic acids is 2. The van der Waals surface area contributed by atoms with Crippen LogP contribution in [0.15, 0.2) is 54.1 Å². The fourth-order valence-electron chi connectivity index (χ4n) is 5.49. The van der Waals surface area contributed by atoms with Gasteiger partial charge in [0.2, 0.25) is 0 Å². The van der Waals surface area contributed by atoms with Crippen LogP contribution in [0.4, 0.5) is 0 Å². The molecular formula is C23H20O3. The summed E-state index contributed by atoms with van der Waals surface area (Å²) in [6, 6.07) is 14.0. The van der Waals surface area contributed by atoms with E-state index in [-0.39, 0.29) is 11.6 Å². The monoisotopic (exact) mass is 344 g/mol. The molecule has 0 heterocycles. The van der Waals surface area contributed by atoms with Crippen LogP contribution in [0.5, 0.6) is 0 Å². The summed E-state index contributed by atoms with van der Waals surface area (Å²) < 4.78 is 0. The molecule has 0 aromatic heterocycles. The number of aliphatic hydroxyl groups is 1. The van der Waals surface area contributed by atoms with Gasteiger partial charge in [-0.05, 0) is 66.2 Å². The molecule has 3 aliphatic carbocycles. The van der Waals surface area contributed by atoms with Crippen molar-refractivity contribution >= 4 is 11.6 Å². The Balaban J connectivity index is 2.04. The Labute approximate surface area is 152 Å². The number of hydrogen-bond acceptors (Lipinski definition) is 3. The lowest BCUT2D eigenvalue weighted by atomic mass is 9.66. The lowest BCUT2D eigenvalue weighted by molar-refractivity contribution is -0.136. The number of aryl methyl sites for hydroxylation is 2. The molecule has 3 nitrogen and oxygen atoms in total. The van der Waals surface area contributed by atoms with Crippen LogP contribution in [0.2, 0.25) is 0 Å². The number of allylic oxidation sites excluding steroid dienone is 1. The summed E-state index contributed by atoms with van der Waals surface area (Å²) in [5.74, 6) is -0.457. The second-order valence-corrected chi connectivity index (χ2v) is 7.91. The van der Waals surface area contributed by atoms with Crippen LogP contribution in [-0.4, -0.2) is 22.8 Å². The van der Waals surface area contributed by atoms with Crippen LogP contribution in [0.3, 0.4) is 0 Å². The van der Waals surface area contributed by atoms with Crippen molar-refractivity contribution in [3.8, 4) is 0 Å². The molecule has 1 N–H and O–H groups in total. The molecule has 5 rings (SSSR count). The van der Waals surface area contributed by atoms with Crippen molar-refractivity contribution < 1.29 is 14.7 Å². The average molecular weight is 344 g/mol. The zero-order valence-corrected chi connectivity index (χ0v) is 14.9. The Morgan fingerprint density at radius 1 is 0.962 bits per heavy atom. The van der Waals surface area contributed by atoms with Crippen molar-refractivity contribution in [1.82, 2.24) is 0 Å². The summed E-state index contributed by atoms with van der Waals surface area (Å²) in [5, 5.41) is 10.9. The maximum Gasteiger partial charge on any atom is 0.185 e. The zero-order valence-electron chi connectivity index (χ0n) is 14.9. The van der Waals surface area contributed by atoms with Gasteiger partial charge in [-0.3, -0.25) is 9.59 Å². The molecule has 0 amide bonds. The summed E-state index contributed by atoms with van der Waals surface area (Å²) in [5.41, 5.74) is 3.59. The van der Waals surface area contributed by atoms with Gasteiger partial charge in [-0.25, -0.2) is 0 Å². The topological polar surface area (TPSA) is 54.4 Å². The summed E-state index contributed by atoms with van der Waals surface area (Å²) in [6.45, 7) is 3.60. The highest BCUT2D eigenvalue weighted by Crippen LogP contribution is 2.59. The quantitative estimate of drug-likeness (QED) is 0.800. The minimum absolute atomic E-state index is 0.0751. The molecule has 3 aliphatic rings. The van der Waals surface area contributed by atoms with Crippen molar-refractivity contribution in [1.29, 1.82) is 0 Å². The third kappa shape index (κ3) is 1.50. The molecule has 130 valence electrons. The van der Waals surface area contributed by atoms with Gasteiger partial charge in [-0.15, -0.1) is 0 Å². The highest BCUT2D eigenvalue weighted by atomic mass is 16.3. The minimum Gasteiger partial charge on any atom is -0.384 e. The van der Waals surface area contributed by atoms with Gasteiger partial charge in [-0.1, -0.05) is 42.5 Å². The molecule has 0 fully saturated rings. The van der Waals surface area contributed by atoms with Crippen molar-refractivity contribution in [2.75, 3.05) is 0 Å². The molecule has 1 spiro atoms. The summed E-state index contributed by atoms with van der Waals surface area (Å²) in [7, 11) is 0. The van der Waals surface area contributed by atoms with E-state index < -0.39 is 16.9 Å². The fourth-order valence-corrected chi connectivity index (χ4v) is 5.49. The van der Waals surface area contributed by atoms with E-state index in [0.717, 1.165) is 46.2 Å². The van der Waals surface area contributed by atoms with Crippen LogP contribution in [0.1, 0.15) is 41.7 Å². The largest absolute Gasteiger partial charge is 0.384 e. The Bertz CT molecular complexity index is 1030. The SMILES string of the molecule is CC1=CC(=O)[C@@H](O)C2(C)C(=O)C13c1ccccc1CCc1cccc2c13. The highest BCUT2D eigenvalue weighted by Gasteiger charge is 2.65. The predicted octanol–water partition coefficient (Wildman–Crippen LogP) is 2.80. The first-order chi connectivity index (χ1) is 12.4. The Morgan fingerprint density at radius 3 is 2.42 bits per heavy atom. The van der Waals surface area contributed by atoms with Gasteiger partial charge in [-0.2, -0.15) is 0 Å². The molecular weight excluding hydrogens is 324 g/mol. The van der Waals surface area contributed by atoms with E-state index in [2.05, 4.69) is 12.1 Å². The maximum atomic E-state index is 14.1. The van der Waals surface area contributed by atoms with E-state index in [0.29, 0.717) is 0 Å². The maximum absolute atomic E-state index is 14.1. The van der Waals surface area contributed by atoms with E-state index >= 15 is 0 Å². The van der Waals surface area contributed by atoms with Crippen LogP contribution in [0.25, 0.3) is 0 Å². The molecule has 0 saturated carbocycles. The van der Waals surface area contributed by atoms with Gasteiger partial charge in [0.05, 0.1) is 5.41 Å². The molecule has 2 unspecified atom stereocenters. The van der Waals surface area contributed by atoms with Gasteiger partial charge in [0, 0.05) is 0 Å². The molecule has 0 saturated heterocycles. The Kier molecular flexibility index (Phi) is 2.90. The second-order valence-electron chi connectivity index (χ2n) is 7.91. The third-order valence-corrected chi connectivity index (χ3v) is 6.75. The smallest absolute Gasteiger partial charge is 0.185 e. The molecule has 3 heteroatoms.